The number of esters is 1. The highest BCUT2D eigenvalue weighted by atomic mass is 16.6. The van der Waals surface area contributed by atoms with E-state index in [-0.39, 0.29) is 18.1 Å². The number of ether oxygens (including phenoxy) is 1. The smallest absolute Gasteiger partial charge is 0.306 e. The average Bonchev–Trinajstić information content (AvgIpc) is 2.38. The number of nitro groups is 1. The first-order valence-corrected chi connectivity index (χ1v) is 6.21. The number of rotatable bonds is 4. The number of allylic oxidation sites excluding steroid dienone is 1. The van der Waals surface area contributed by atoms with Gasteiger partial charge in [0.1, 0.15) is 0 Å². The van der Waals surface area contributed by atoms with Gasteiger partial charge < -0.3 is 4.74 Å². The zero-order valence-corrected chi connectivity index (χ0v) is 10.7. The van der Waals surface area contributed by atoms with Crippen LogP contribution in [0.1, 0.15) is 24.5 Å². The van der Waals surface area contributed by atoms with Crippen molar-refractivity contribution in [3.8, 4) is 0 Å². The highest BCUT2D eigenvalue weighted by Gasteiger charge is 2.31. The monoisotopic (exact) mass is 261 g/mol. The molecule has 0 aromatic heterocycles. The van der Waals surface area contributed by atoms with Crippen molar-refractivity contribution in [1.82, 2.24) is 0 Å². The maximum absolute atomic E-state index is 11.5. The zero-order chi connectivity index (χ0) is 13.8. The van der Waals surface area contributed by atoms with Gasteiger partial charge in [-0.3, -0.25) is 14.9 Å². The maximum Gasteiger partial charge on any atom is 0.306 e. The summed E-state index contributed by atoms with van der Waals surface area (Å²) in [5.74, 6) is -0.802. The zero-order valence-electron chi connectivity index (χ0n) is 10.7. The standard InChI is InChI=1S/C14H15NO4/c1-2-19-14(16)9-12-7-10-5-3-4-6-11(10)8-13(12)15(17)18/h3-6,8,12H,2,7,9H2,1H3/t12-/m1/s1. The Morgan fingerprint density at radius 1 is 1.47 bits per heavy atom. The molecule has 2 rings (SSSR count). The summed E-state index contributed by atoms with van der Waals surface area (Å²) in [5.41, 5.74) is 1.98. The van der Waals surface area contributed by atoms with E-state index >= 15 is 0 Å². The fourth-order valence-electron chi connectivity index (χ4n) is 2.31. The van der Waals surface area contributed by atoms with E-state index < -0.39 is 10.8 Å². The highest BCUT2D eigenvalue weighted by Crippen LogP contribution is 2.31. The topological polar surface area (TPSA) is 69.4 Å². The van der Waals surface area contributed by atoms with Crippen LogP contribution in [0.25, 0.3) is 6.08 Å². The van der Waals surface area contributed by atoms with E-state index in [4.69, 9.17) is 4.74 Å². The van der Waals surface area contributed by atoms with Crippen LogP contribution in [0.3, 0.4) is 0 Å². The molecule has 19 heavy (non-hydrogen) atoms. The first kappa shape index (κ1) is 13.3. The molecular formula is C14H15NO4. The Kier molecular flexibility index (Phi) is 3.94. The average molecular weight is 261 g/mol. The van der Waals surface area contributed by atoms with Crippen LogP contribution in [0.4, 0.5) is 0 Å². The van der Waals surface area contributed by atoms with Crippen molar-refractivity contribution >= 4 is 12.0 Å². The third-order valence-electron chi connectivity index (χ3n) is 3.17. The summed E-state index contributed by atoms with van der Waals surface area (Å²) >= 11 is 0. The fraction of sp³-hybridized carbons (Fsp3) is 0.357. The fourth-order valence-corrected chi connectivity index (χ4v) is 2.31. The molecule has 0 spiro atoms. The third kappa shape index (κ3) is 2.99. The SMILES string of the molecule is CCOC(=O)C[C@H]1Cc2ccccc2C=C1[N+](=O)[O-]. The normalized spacial score (nSPS) is 17.3. The summed E-state index contributed by atoms with van der Waals surface area (Å²) in [4.78, 5) is 22.2. The second kappa shape index (κ2) is 5.65. The number of benzene rings is 1. The van der Waals surface area contributed by atoms with E-state index in [2.05, 4.69) is 0 Å². The van der Waals surface area contributed by atoms with Crippen LogP contribution < -0.4 is 0 Å². The lowest BCUT2D eigenvalue weighted by Crippen LogP contribution is -2.22. The van der Waals surface area contributed by atoms with Crippen molar-refractivity contribution in [2.45, 2.75) is 19.8 Å². The number of carbonyl (C=O) groups excluding carboxylic acids is 1. The maximum atomic E-state index is 11.5. The van der Waals surface area contributed by atoms with Gasteiger partial charge >= 0.3 is 5.97 Å². The number of nitrogens with zero attached hydrogens (tertiary/aromatic N) is 1. The summed E-state index contributed by atoms with van der Waals surface area (Å²) in [7, 11) is 0. The number of fused-ring (bicyclic) bond motifs is 1. The Morgan fingerprint density at radius 3 is 2.89 bits per heavy atom. The second-order valence-electron chi connectivity index (χ2n) is 4.44. The molecule has 0 unspecified atom stereocenters. The molecule has 1 aliphatic rings. The molecule has 0 saturated carbocycles. The van der Waals surface area contributed by atoms with Gasteiger partial charge in [0, 0.05) is 6.08 Å². The van der Waals surface area contributed by atoms with Gasteiger partial charge in [0.25, 0.3) is 5.70 Å². The molecule has 5 heteroatoms. The largest absolute Gasteiger partial charge is 0.466 e. The molecule has 0 aliphatic heterocycles. The molecule has 1 aliphatic carbocycles. The van der Waals surface area contributed by atoms with Gasteiger partial charge in [-0.05, 0) is 24.5 Å². The van der Waals surface area contributed by atoms with Crippen LogP contribution in [0.15, 0.2) is 30.0 Å². The molecule has 100 valence electrons. The minimum absolute atomic E-state index is 0.0506. The molecule has 0 radical (unpaired) electrons. The van der Waals surface area contributed by atoms with E-state index in [1.54, 1.807) is 13.0 Å². The van der Waals surface area contributed by atoms with Gasteiger partial charge in [-0.1, -0.05) is 24.3 Å². The molecule has 1 aromatic rings. The van der Waals surface area contributed by atoms with Gasteiger partial charge in [-0.25, -0.2) is 0 Å². The van der Waals surface area contributed by atoms with Gasteiger partial charge in [0.2, 0.25) is 0 Å². The Balaban J connectivity index is 2.25. The number of hydrogen-bond donors (Lipinski definition) is 0. The summed E-state index contributed by atoms with van der Waals surface area (Å²) in [6.45, 7) is 2.01. The van der Waals surface area contributed by atoms with Crippen molar-refractivity contribution in [1.29, 1.82) is 0 Å². The molecule has 0 saturated heterocycles. The van der Waals surface area contributed by atoms with Gasteiger partial charge in [-0.15, -0.1) is 0 Å². The minimum Gasteiger partial charge on any atom is -0.466 e. The molecule has 0 fully saturated rings. The lowest BCUT2D eigenvalue weighted by molar-refractivity contribution is -0.432. The Labute approximate surface area is 111 Å². The Morgan fingerprint density at radius 2 is 2.21 bits per heavy atom. The molecule has 1 aromatic carbocycles. The van der Waals surface area contributed by atoms with Crippen LogP contribution in [0.2, 0.25) is 0 Å². The Hall–Kier alpha value is -2.17. The lowest BCUT2D eigenvalue weighted by Gasteiger charge is -2.19. The van der Waals surface area contributed by atoms with E-state index in [0.29, 0.717) is 13.0 Å². The van der Waals surface area contributed by atoms with Crippen LogP contribution >= 0.6 is 0 Å². The molecule has 0 N–H and O–H groups in total. The van der Waals surface area contributed by atoms with Gasteiger partial charge in [0.05, 0.1) is 23.9 Å². The predicted molar refractivity (Wildman–Crippen MR) is 69.9 cm³/mol. The van der Waals surface area contributed by atoms with E-state index in [9.17, 15) is 14.9 Å². The van der Waals surface area contributed by atoms with Crippen molar-refractivity contribution < 1.29 is 14.5 Å². The molecule has 5 nitrogen and oxygen atoms in total. The van der Waals surface area contributed by atoms with Gasteiger partial charge in [-0.2, -0.15) is 0 Å². The van der Waals surface area contributed by atoms with E-state index in [0.717, 1.165) is 11.1 Å². The summed E-state index contributed by atoms with van der Waals surface area (Å²) < 4.78 is 4.87. The molecular weight excluding hydrogens is 246 g/mol. The molecule has 0 amide bonds. The van der Waals surface area contributed by atoms with Crippen LogP contribution in [-0.2, 0) is 16.0 Å². The van der Waals surface area contributed by atoms with Crippen molar-refractivity contribution in [3.05, 3.63) is 51.2 Å². The Bertz CT molecular complexity index is 536. The van der Waals surface area contributed by atoms with Crippen LogP contribution in [0.5, 0.6) is 0 Å². The van der Waals surface area contributed by atoms with E-state index in [1.165, 1.54) is 0 Å². The minimum atomic E-state index is -0.413. The van der Waals surface area contributed by atoms with Crippen LogP contribution in [-0.4, -0.2) is 17.5 Å². The molecule has 1 atom stereocenters. The van der Waals surface area contributed by atoms with Crippen molar-refractivity contribution in [3.63, 3.8) is 0 Å². The number of carbonyl (C=O) groups is 1. The van der Waals surface area contributed by atoms with E-state index in [1.807, 2.05) is 24.3 Å². The highest BCUT2D eigenvalue weighted by molar-refractivity contribution is 5.71. The van der Waals surface area contributed by atoms with Crippen LogP contribution in [0, 0.1) is 16.0 Å². The summed E-state index contributed by atoms with van der Waals surface area (Å²) in [5, 5.41) is 11.1. The first-order valence-electron chi connectivity index (χ1n) is 6.21. The van der Waals surface area contributed by atoms with Gasteiger partial charge in [0.15, 0.2) is 0 Å². The van der Waals surface area contributed by atoms with Crippen molar-refractivity contribution in [2.75, 3.05) is 6.61 Å². The summed E-state index contributed by atoms with van der Waals surface area (Å²) in [6.07, 6.45) is 2.11. The molecule has 0 heterocycles. The lowest BCUT2D eigenvalue weighted by atomic mass is 9.85. The summed E-state index contributed by atoms with van der Waals surface area (Å²) in [6, 6.07) is 7.52. The van der Waals surface area contributed by atoms with Crippen molar-refractivity contribution in [2.24, 2.45) is 5.92 Å². The quantitative estimate of drug-likeness (QED) is 0.474. The number of hydrogen-bond acceptors (Lipinski definition) is 4. The second-order valence-corrected chi connectivity index (χ2v) is 4.44. The first-order chi connectivity index (χ1) is 9.11. The molecule has 0 bridgehead atoms. The predicted octanol–water partition coefficient (Wildman–Crippen LogP) is 2.43. The third-order valence-corrected chi connectivity index (χ3v) is 3.17.